The molecule has 2 aromatic rings. The van der Waals surface area contributed by atoms with Gasteiger partial charge in [0.05, 0.1) is 12.3 Å². The van der Waals surface area contributed by atoms with Crippen LogP contribution in [0.1, 0.15) is 12.5 Å². The summed E-state index contributed by atoms with van der Waals surface area (Å²) in [5.41, 5.74) is 5.76. The van der Waals surface area contributed by atoms with Gasteiger partial charge in [0.25, 0.3) is 0 Å². The molecule has 2 aromatic carbocycles. The van der Waals surface area contributed by atoms with E-state index in [0.717, 1.165) is 0 Å². The van der Waals surface area contributed by atoms with Crippen molar-refractivity contribution in [3.05, 3.63) is 53.8 Å². The number of nitrogens with one attached hydrogen (secondary N) is 1. The molecule has 150 valence electrons. The van der Waals surface area contributed by atoms with Crippen LogP contribution in [0.5, 0.6) is 5.75 Å². The standard InChI is InChI=1S/C19H19F4N3O2/c1-18(10-27-9-17(24)26-18)13-8-12(6-7-14(13)20)25-15-4-2-3-5-16(15)28-11-19(21,22)23/h2-8,25H,9-11H2,1H3,(H2,24,26). The van der Waals surface area contributed by atoms with Gasteiger partial charge in [0, 0.05) is 11.3 Å². The van der Waals surface area contributed by atoms with Crippen LogP contribution in [0, 0.1) is 5.82 Å². The van der Waals surface area contributed by atoms with Gasteiger partial charge in [-0.1, -0.05) is 12.1 Å². The summed E-state index contributed by atoms with van der Waals surface area (Å²) < 4.78 is 62.1. The van der Waals surface area contributed by atoms with Crippen LogP contribution in [0.2, 0.25) is 0 Å². The maximum Gasteiger partial charge on any atom is 0.422 e. The van der Waals surface area contributed by atoms with Crippen molar-refractivity contribution >= 4 is 17.2 Å². The number of para-hydroxylation sites is 2. The zero-order valence-corrected chi connectivity index (χ0v) is 15.0. The van der Waals surface area contributed by atoms with Crippen molar-refractivity contribution in [3.63, 3.8) is 0 Å². The largest absolute Gasteiger partial charge is 0.482 e. The molecule has 0 saturated carbocycles. The molecule has 0 amide bonds. The molecule has 28 heavy (non-hydrogen) atoms. The second kappa shape index (κ2) is 7.67. The molecule has 0 bridgehead atoms. The third-order valence-electron chi connectivity index (χ3n) is 4.13. The van der Waals surface area contributed by atoms with Gasteiger partial charge in [-0.15, -0.1) is 0 Å². The Hall–Kier alpha value is -2.81. The molecule has 5 nitrogen and oxygen atoms in total. The van der Waals surface area contributed by atoms with Gasteiger partial charge in [-0.05, 0) is 37.3 Å². The van der Waals surface area contributed by atoms with Gasteiger partial charge in [-0.3, -0.25) is 4.99 Å². The van der Waals surface area contributed by atoms with Crippen LogP contribution in [0.15, 0.2) is 47.5 Å². The van der Waals surface area contributed by atoms with Gasteiger partial charge in [-0.2, -0.15) is 13.2 Å². The second-order valence-electron chi connectivity index (χ2n) is 6.59. The van der Waals surface area contributed by atoms with Gasteiger partial charge in [-0.25, -0.2) is 4.39 Å². The predicted octanol–water partition coefficient (Wildman–Crippen LogP) is 4.11. The summed E-state index contributed by atoms with van der Waals surface area (Å²) in [5, 5.41) is 2.96. The summed E-state index contributed by atoms with van der Waals surface area (Å²) in [5.74, 6) is -0.200. The number of hydrogen-bond donors (Lipinski definition) is 2. The van der Waals surface area contributed by atoms with E-state index in [9.17, 15) is 17.6 Å². The van der Waals surface area contributed by atoms with E-state index in [1.165, 1.54) is 24.3 Å². The highest BCUT2D eigenvalue weighted by Crippen LogP contribution is 2.34. The van der Waals surface area contributed by atoms with E-state index in [-0.39, 0.29) is 30.4 Å². The maximum atomic E-state index is 14.5. The summed E-state index contributed by atoms with van der Waals surface area (Å²) >= 11 is 0. The Balaban J connectivity index is 1.88. The van der Waals surface area contributed by atoms with Crippen molar-refractivity contribution in [2.24, 2.45) is 10.7 Å². The van der Waals surface area contributed by atoms with E-state index in [2.05, 4.69) is 10.3 Å². The minimum absolute atomic E-state index is 0.0279. The van der Waals surface area contributed by atoms with Crippen LogP contribution in [-0.4, -0.2) is 31.8 Å². The summed E-state index contributed by atoms with van der Waals surface area (Å²) in [6, 6.07) is 10.4. The molecule has 3 rings (SSSR count). The summed E-state index contributed by atoms with van der Waals surface area (Å²) in [6.07, 6.45) is -4.45. The number of rotatable bonds is 5. The Labute approximate surface area is 159 Å². The van der Waals surface area contributed by atoms with Crippen molar-refractivity contribution in [1.29, 1.82) is 0 Å². The van der Waals surface area contributed by atoms with Crippen LogP contribution >= 0.6 is 0 Å². The van der Waals surface area contributed by atoms with Crippen LogP contribution in [0.3, 0.4) is 0 Å². The summed E-state index contributed by atoms with van der Waals surface area (Å²) in [6.45, 7) is 0.615. The van der Waals surface area contributed by atoms with Gasteiger partial charge in [0.1, 0.15) is 29.5 Å². The normalized spacial score (nSPS) is 19.8. The Morgan fingerprint density at radius 3 is 2.71 bits per heavy atom. The highest BCUT2D eigenvalue weighted by molar-refractivity contribution is 5.82. The average molecular weight is 397 g/mol. The Morgan fingerprint density at radius 1 is 1.25 bits per heavy atom. The van der Waals surface area contributed by atoms with Crippen molar-refractivity contribution in [3.8, 4) is 5.75 Å². The molecule has 1 unspecified atom stereocenters. The summed E-state index contributed by atoms with van der Waals surface area (Å²) in [7, 11) is 0. The molecule has 0 saturated heterocycles. The van der Waals surface area contributed by atoms with E-state index in [4.69, 9.17) is 15.2 Å². The van der Waals surface area contributed by atoms with Crippen LogP contribution in [0.25, 0.3) is 0 Å². The molecule has 1 aliphatic heterocycles. The third-order valence-corrected chi connectivity index (χ3v) is 4.13. The predicted molar refractivity (Wildman–Crippen MR) is 97.5 cm³/mol. The van der Waals surface area contributed by atoms with E-state index in [1.807, 2.05) is 0 Å². The van der Waals surface area contributed by atoms with E-state index in [1.54, 1.807) is 25.1 Å². The number of nitrogens with zero attached hydrogens (tertiary/aromatic N) is 1. The lowest BCUT2D eigenvalue weighted by molar-refractivity contribution is -0.153. The fraction of sp³-hybridized carbons (Fsp3) is 0.316. The monoisotopic (exact) mass is 397 g/mol. The minimum Gasteiger partial charge on any atom is -0.482 e. The SMILES string of the molecule is CC1(c2cc(Nc3ccccc3OCC(F)(F)F)ccc2F)COCC(N)=N1. The first-order valence-electron chi connectivity index (χ1n) is 8.44. The lowest BCUT2D eigenvalue weighted by atomic mass is 9.91. The maximum absolute atomic E-state index is 14.5. The number of hydrogen-bond acceptors (Lipinski definition) is 5. The van der Waals surface area contributed by atoms with Gasteiger partial charge < -0.3 is 20.5 Å². The van der Waals surface area contributed by atoms with Crippen molar-refractivity contribution < 1.29 is 27.0 Å². The van der Waals surface area contributed by atoms with Crippen LogP contribution in [-0.2, 0) is 10.3 Å². The molecule has 0 radical (unpaired) electrons. The molecule has 0 aliphatic carbocycles. The zero-order chi connectivity index (χ0) is 20.4. The molecule has 0 aromatic heterocycles. The average Bonchev–Trinajstić information content (AvgIpc) is 2.61. The van der Waals surface area contributed by atoms with Crippen LogP contribution in [0.4, 0.5) is 28.9 Å². The lowest BCUT2D eigenvalue weighted by Crippen LogP contribution is -2.38. The van der Waals surface area contributed by atoms with Crippen molar-refractivity contribution in [1.82, 2.24) is 0 Å². The second-order valence-corrected chi connectivity index (χ2v) is 6.59. The molecule has 0 spiro atoms. The number of benzene rings is 2. The minimum atomic E-state index is -4.45. The zero-order valence-electron chi connectivity index (χ0n) is 15.0. The Bertz CT molecular complexity index is 886. The topological polar surface area (TPSA) is 68.9 Å². The number of anilines is 2. The number of alkyl halides is 3. The molecule has 1 heterocycles. The van der Waals surface area contributed by atoms with E-state index >= 15 is 0 Å². The Kier molecular flexibility index (Phi) is 5.46. The first kappa shape index (κ1) is 19.9. The van der Waals surface area contributed by atoms with Crippen LogP contribution < -0.4 is 15.8 Å². The van der Waals surface area contributed by atoms with Gasteiger partial charge >= 0.3 is 6.18 Å². The molecule has 9 heteroatoms. The molecular weight excluding hydrogens is 378 g/mol. The number of nitrogens with two attached hydrogens (primary N) is 1. The number of aliphatic imine (C=N–C) groups is 1. The third kappa shape index (κ3) is 4.72. The quantitative estimate of drug-likeness (QED) is 0.745. The molecular formula is C19H19F4N3O2. The van der Waals surface area contributed by atoms with Gasteiger partial charge in [0.2, 0.25) is 0 Å². The molecule has 1 atom stereocenters. The molecule has 1 aliphatic rings. The fourth-order valence-corrected chi connectivity index (χ4v) is 2.90. The fourth-order valence-electron chi connectivity index (χ4n) is 2.90. The Morgan fingerprint density at radius 2 is 2.00 bits per heavy atom. The van der Waals surface area contributed by atoms with Crippen molar-refractivity contribution in [2.75, 3.05) is 25.1 Å². The highest BCUT2D eigenvalue weighted by atomic mass is 19.4. The van der Waals surface area contributed by atoms with Gasteiger partial charge in [0.15, 0.2) is 6.61 Å². The summed E-state index contributed by atoms with van der Waals surface area (Å²) in [4.78, 5) is 4.32. The first-order chi connectivity index (χ1) is 13.2. The lowest BCUT2D eigenvalue weighted by Gasteiger charge is -2.30. The number of halogens is 4. The first-order valence-corrected chi connectivity index (χ1v) is 8.44. The highest BCUT2D eigenvalue weighted by Gasteiger charge is 2.33. The molecule has 0 fully saturated rings. The number of ether oxygens (including phenoxy) is 2. The molecule has 3 N–H and O–H groups in total. The van der Waals surface area contributed by atoms with Crippen molar-refractivity contribution in [2.45, 2.75) is 18.6 Å². The van der Waals surface area contributed by atoms with E-state index in [0.29, 0.717) is 11.4 Å². The smallest absolute Gasteiger partial charge is 0.422 e. The number of amidine groups is 1. The van der Waals surface area contributed by atoms with E-state index < -0.39 is 24.1 Å².